The Balaban J connectivity index is 0.000000286. The molecule has 1 aromatic heterocycles. The molecule has 1 spiro atoms. The first-order chi connectivity index (χ1) is 12.6. The molecular weight excluding hydrogens is 360 g/mol. The summed E-state index contributed by atoms with van der Waals surface area (Å²) in [6.07, 6.45) is 13.9. The molecule has 0 radical (unpaired) electrons. The summed E-state index contributed by atoms with van der Waals surface area (Å²) < 4.78 is 0. The van der Waals surface area contributed by atoms with E-state index in [1.54, 1.807) is 6.08 Å². The highest BCUT2D eigenvalue weighted by Crippen LogP contribution is 2.51. The quantitative estimate of drug-likeness (QED) is 0.598. The summed E-state index contributed by atoms with van der Waals surface area (Å²) in [7, 11) is 0. The van der Waals surface area contributed by atoms with Crippen LogP contribution in [0.1, 0.15) is 35.9 Å². The molecule has 140 valence electrons. The van der Waals surface area contributed by atoms with E-state index >= 15 is 0 Å². The summed E-state index contributed by atoms with van der Waals surface area (Å²) >= 11 is 7.22. The van der Waals surface area contributed by atoms with Crippen molar-refractivity contribution in [1.29, 1.82) is 0 Å². The Hall–Kier alpha value is -1.13. The maximum atomic E-state index is 5.30. The molecule has 0 aromatic carbocycles. The van der Waals surface area contributed by atoms with Gasteiger partial charge in [-0.25, -0.2) is 0 Å². The summed E-state index contributed by atoms with van der Waals surface area (Å²) in [5.74, 6) is 0. The number of piperazine rings is 1. The molecule has 3 aliphatic rings. The van der Waals surface area contributed by atoms with Gasteiger partial charge in [0.1, 0.15) is 0 Å². The average Bonchev–Trinajstić information content (AvgIpc) is 2.98. The fourth-order valence-corrected chi connectivity index (χ4v) is 5.47. The average molecular weight is 389 g/mol. The van der Waals surface area contributed by atoms with Gasteiger partial charge in [-0.1, -0.05) is 43.0 Å². The number of hydrogen-bond acceptors (Lipinski definition) is 3. The van der Waals surface area contributed by atoms with Crippen molar-refractivity contribution in [3.8, 4) is 0 Å². The molecule has 26 heavy (non-hydrogen) atoms. The smallest absolute Gasteiger partial charge is 0.0378 e. The fourth-order valence-electron chi connectivity index (χ4n) is 4.39. The highest BCUT2D eigenvalue weighted by molar-refractivity contribution is 7.12. The van der Waals surface area contributed by atoms with E-state index in [4.69, 9.17) is 11.6 Å². The van der Waals surface area contributed by atoms with E-state index in [1.165, 1.54) is 48.7 Å². The zero-order valence-corrected chi connectivity index (χ0v) is 17.2. The van der Waals surface area contributed by atoms with Gasteiger partial charge in [-0.15, -0.1) is 11.3 Å². The fraction of sp³-hybridized carbons (Fsp3) is 0.455. The van der Waals surface area contributed by atoms with Crippen molar-refractivity contribution in [2.75, 3.05) is 19.6 Å². The number of rotatable bonds is 5. The van der Waals surface area contributed by atoms with Gasteiger partial charge < -0.3 is 0 Å². The number of allylic oxidation sites excluding steroid dienone is 5. The van der Waals surface area contributed by atoms with Crippen LogP contribution in [-0.4, -0.2) is 41.0 Å². The van der Waals surface area contributed by atoms with Crippen molar-refractivity contribution >= 4 is 29.0 Å². The van der Waals surface area contributed by atoms with Crippen molar-refractivity contribution in [3.05, 3.63) is 64.4 Å². The Kier molecular flexibility index (Phi) is 6.57. The number of nitrogens with zero attached hydrogens (tertiary/aromatic N) is 2. The Morgan fingerprint density at radius 3 is 2.73 bits per heavy atom. The second-order valence-corrected chi connectivity index (χ2v) is 8.90. The minimum absolute atomic E-state index is 0.581. The standard InChI is InChI=1S/C17H22N2S.C5H7Cl/c1-2-3-4-14-5-6-15(20-14)13-18-11-12-19-10-9-17(19)8-7-16(17)18;1-3-4-5(2)6/h2-6,16H,1,7-13H2;3-4H,2H2,1H3/b4-3+;4-3-. The summed E-state index contributed by atoms with van der Waals surface area (Å²) in [5, 5.41) is 0.581. The highest BCUT2D eigenvalue weighted by atomic mass is 35.5. The summed E-state index contributed by atoms with van der Waals surface area (Å²) in [6.45, 7) is 14.1. The van der Waals surface area contributed by atoms with Crippen LogP contribution in [0.25, 0.3) is 6.08 Å². The van der Waals surface area contributed by atoms with E-state index in [9.17, 15) is 0 Å². The molecule has 0 bridgehead atoms. The second-order valence-electron chi connectivity index (χ2n) is 7.21. The molecule has 4 rings (SSSR count). The van der Waals surface area contributed by atoms with E-state index in [2.05, 4.69) is 41.2 Å². The van der Waals surface area contributed by atoms with Crippen LogP contribution in [0.4, 0.5) is 0 Å². The first-order valence-corrected chi connectivity index (χ1v) is 10.6. The zero-order chi connectivity index (χ0) is 18.6. The Labute approximate surface area is 167 Å². The molecule has 0 amide bonds. The van der Waals surface area contributed by atoms with Crippen LogP contribution in [0.5, 0.6) is 0 Å². The van der Waals surface area contributed by atoms with Gasteiger partial charge in [-0.05, 0) is 50.5 Å². The van der Waals surface area contributed by atoms with Crippen molar-refractivity contribution in [1.82, 2.24) is 9.80 Å². The third-order valence-corrected chi connectivity index (χ3v) is 6.96. The molecule has 2 saturated heterocycles. The highest BCUT2D eigenvalue weighted by Gasteiger charge is 2.59. The van der Waals surface area contributed by atoms with E-state index in [0.29, 0.717) is 10.6 Å². The van der Waals surface area contributed by atoms with Crippen LogP contribution in [0.2, 0.25) is 0 Å². The van der Waals surface area contributed by atoms with E-state index in [1.807, 2.05) is 36.5 Å². The number of thiophene rings is 1. The molecule has 3 fully saturated rings. The second kappa shape index (κ2) is 8.71. The maximum Gasteiger partial charge on any atom is 0.0378 e. The van der Waals surface area contributed by atoms with Gasteiger partial charge in [-0.3, -0.25) is 9.80 Å². The SMILES string of the molecule is C=C(Cl)/C=C\C.C=C/C=C/c1ccc(CN2CCN3CCC34CCC24)s1. The topological polar surface area (TPSA) is 6.48 Å². The van der Waals surface area contributed by atoms with Gasteiger partial charge in [-0.2, -0.15) is 0 Å². The first-order valence-electron chi connectivity index (χ1n) is 9.43. The van der Waals surface area contributed by atoms with Gasteiger partial charge in [0.2, 0.25) is 0 Å². The van der Waals surface area contributed by atoms with Crippen molar-refractivity contribution in [2.45, 2.75) is 44.3 Å². The number of hydrogen-bond donors (Lipinski definition) is 0. The van der Waals surface area contributed by atoms with Gasteiger partial charge in [0.25, 0.3) is 0 Å². The molecule has 1 aromatic rings. The summed E-state index contributed by atoms with van der Waals surface area (Å²) in [6, 6.07) is 5.36. The molecule has 2 nitrogen and oxygen atoms in total. The van der Waals surface area contributed by atoms with Crippen molar-refractivity contribution in [3.63, 3.8) is 0 Å². The van der Waals surface area contributed by atoms with Gasteiger partial charge in [0, 0.05) is 52.5 Å². The van der Waals surface area contributed by atoms with E-state index < -0.39 is 0 Å². The third-order valence-electron chi connectivity index (χ3n) is 5.80. The summed E-state index contributed by atoms with van der Waals surface area (Å²) in [5.41, 5.74) is 0.598. The molecule has 4 heteroatoms. The lowest BCUT2D eigenvalue weighted by Crippen LogP contribution is -2.79. The minimum atomic E-state index is 0.581. The third kappa shape index (κ3) is 4.07. The van der Waals surface area contributed by atoms with E-state index in [0.717, 1.165) is 12.6 Å². The molecule has 2 unspecified atom stereocenters. The van der Waals surface area contributed by atoms with Crippen LogP contribution < -0.4 is 0 Å². The molecule has 2 aliphatic heterocycles. The molecule has 1 saturated carbocycles. The Morgan fingerprint density at radius 1 is 1.35 bits per heavy atom. The molecule has 0 N–H and O–H groups in total. The van der Waals surface area contributed by atoms with Gasteiger partial charge >= 0.3 is 0 Å². The first kappa shape index (κ1) is 19.6. The van der Waals surface area contributed by atoms with Gasteiger partial charge in [0.05, 0.1) is 0 Å². The van der Waals surface area contributed by atoms with Gasteiger partial charge in [0.15, 0.2) is 0 Å². The predicted octanol–water partition coefficient (Wildman–Crippen LogP) is 5.68. The number of halogens is 1. The molecule has 1 aliphatic carbocycles. The van der Waals surface area contributed by atoms with Crippen LogP contribution in [0.15, 0.2) is 54.6 Å². The van der Waals surface area contributed by atoms with Crippen LogP contribution in [0.3, 0.4) is 0 Å². The Morgan fingerprint density at radius 2 is 2.19 bits per heavy atom. The van der Waals surface area contributed by atoms with E-state index in [-0.39, 0.29) is 0 Å². The normalized spacial score (nSPS) is 27.8. The lowest BCUT2D eigenvalue weighted by Gasteiger charge is -2.69. The molecule has 2 atom stereocenters. The largest absolute Gasteiger partial charge is 0.295 e. The molecule has 3 heterocycles. The molecular formula is C22H29ClN2S. The zero-order valence-electron chi connectivity index (χ0n) is 15.7. The van der Waals surface area contributed by atoms with Crippen LogP contribution in [-0.2, 0) is 6.54 Å². The van der Waals surface area contributed by atoms with Crippen LogP contribution in [0, 0.1) is 0 Å². The lowest BCUT2D eigenvalue weighted by molar-refractivity contribution is -0.176. The maximum absolute atomic E-state index is 5.30. The minimum Gasteiger partial charge on any atom is -0.295 e. The van der Waals surface area contributed by atoms with Crippen molar-refractivity contribution < 1.29 is 0 Å². The lowest BCUT2D eigenvalue weighted by atomic mass is 9.61. The predicted molar refractivity (Wildman–Crippen MR) is 116 cm³/mol. The Bertz CT molecular complexity index is 701. The van der Waals surface area contributed by atoms with Crippen LogP contribution >= 0.6 is 22.9 Å². The monoisotopic (exact) mass is 388 g/mol. The van der Waals surface area contributed by atoms with Crippen molar-refractivity contribution in [2.24, 2.45) is 0 Å². The summed E-state index contributed by atoms with van der Waals surface area (Å²) in [4.78, 5) is 8.32.